The van der Waals surface area contributed by atoms with Crippen molar-refractivity contribution in [1.82, 2.24) is 10.7 Å². The molecule has 0 fully saturated rings. The topological polar surface area (TPSA) is 90.8 Å². The van der Waals surface area contributed by atoms with Crippen LogP contribution in [0.1, 0.15) is 20.8 Å². The number of hydrogen-bond acceptors (Lipinski definition) is 5. The number of phenolic OH excluding ortho intramolecular Hbond substituents is 1. The molecule has 0 saturated heterocycles. The van der Waals surface area contributed by atoms with Gasteiger partial charge in [0, 0.05) is 10.4 Å². The second-order valence-corrected chi connectivity index (χ2v) is 7.64. The van der Waals surface area contributed by atoms with E-state index in [0.29, 0.717) is 15.6 Å². The number of hydrazone groups is 1. The Labute approximate surface area is 179 Å². The van der Waals surface area contributed by atoms with Crippen molar-refractivity contribution in [2.75, 3.05) is 0 Å². The Morgan fingerprint density at radius 2 is 1.86 bits per heavy atom. The van der Waals surface area contributed by atoms with E-state index in [0.717, 1.165) is 4.88 Å². The zero-order chi connectivity index (χ0) is 20.6. The summed E-state index contributed by atoms with van der Waals surface area (Å²) in [6.07, 6.45) is 3.03. The summed E-state index contributed by atoms with van der Waals surface area (Å²) in [5.41, 5.74) is 3.60. The van der Waals surface area contributed by atoms with Gasteiger partial charge in [-0.25, -0.2) is 5.43 Å². The number of phenols is 1. The van der Waals surface area contributed by atoms with Crippen LogP contribution >= 0.6 is 27.3 Å². The Morgan fingerprint density at radius 1 is 1.07 bits per heavy atom. The van der Waals surface area contributed by atoms with Crippen molar-refractivity contribution in [3.05, 3.63) is 92.2 Å². The summed E-state index contributed by atoms with van der Waals surface area (Å²) >= 11 is 4.66. The highest BCUT2D eigenvalue weighted by Gasteiger charge is 2.14. The van der Waals surface area contributed by atoms with Crippen LogP contribution < -0.4 is 10.7 Å². The summed E-state index contributed by atoms with van der Waals surface area (Å²) < 4.78 is 0.515. The highest BCUT2D eigenvalue weighted by Crippen LogP contribution is 2.23. The Bertz CT molecular complexity index is 1060. The van der Waals surface area contributed by atoms with Gasteiger partial charge in [0.25, 0.3) is 11.8 Å². The van der Waals surface area contributed by atoms with Crippen LogP contribution in [0.3, 0.4) is 0 Å². The SMILES string of the molecule is O=C(N/N=C\c1ccc(O)c(Br)c1)/C(=C/c1cccs1)NC(=O)c1ccccc1. The molecule has 29 heavy (non-hydrogen) atoms. The monoisotopic (exact) mass is 469 g/mol. The summed E-state index contributed by atoms with van der Waals surface area (Å²) in [4.78, 5) is 25.9. The van der Waals surface area contributed by atoms with Crippen LogP contribution in [-0.2, 0) is 4.79 Å². The lowest BCUT2D eigenvalue weighted by Crippen LogP contribution is -2.32. The van der Waals surface area contributed by atoms with Crippen LogP contribution in [0.2, 0.25) is 0 Å². The number of thiophene rings is 1. The van der Waals surface area contributed by atoms with E-state index in [2.05, 4.69) is 31.8 Å². The smallest absolute Gasteiger partial charge is 0.287 e. The Balaban J connectivity index is 1.74. The van der Waals surface area contributed by atoms with Crippen molar-refractivity contribution < 1.29 is 14.7 Å². The van der Waals surface area contributed by atoms with Gasteiger partial charge >= 0.3 is 0 Å². The molecule has 2 aromatic carbocycles. The van der Waals surface area contributed by atoms with Gasteiger partial charge in [0.15, 0.2) is 0 Å². The molecule has 146 valence electrons. The third kappa shape index (κ3) is 5.87. The molecule has 0 saturated carbocycles. The van der Waals surface area contributed by atoms with Gasteiger partial charge in [-0.05, 0) is 69.3 Å². The minimum Gasteiger partial charge on any atom is -0.507 e. The van der Waals surface area contributed by atoms with Gasteiger partial charge in [0.2, 0.25) is 0 Å². The third-order valence-corrected chi connectivity index (χ3v) is 5.16. The largest absolute Gasteiger partial charge is 0.507 e. The van der Waals surface area contributed by atoms with E-state index >= 15 is 0 Å². The summed E-state index contributed by atoms with van der Waals surface area (Å²) in [7, 11) is 0. The maximum absolute atomic E-state index is 12.6. The minimum atomic E-state index is -0.559. The highest BCUT2D eigenvalue weighted by molar-refractivity contribution is 9.10. The molecule has 0 unspecified atom stereocenters. The standard InChI is InChI=1S/C21H16BrN3O3S/c22-17-11-14(8-9-19(17)26)13-23-25-21(28)18(12-16-7-4-10-29-16)24-20(27)15-5-2-1-3-6-15/h1-13,26H,(H,24,27)(H,25,28)/b18-12-,23-13-. The molecule has 3 N–H and O–H groups in total. The molecule has 0 aliphatic carbocycles. The molecule has 2 amide bonds. The van der Waals surface area contributed by atoms with Crippen LogP contribution in [0.15, 0.2) is 81.3 Å². The predicted molar refractivity (Wildman–Crippen MR) is 118 cm³/mol. The Kier molecular flexibility index (Phi) is 6.94. The van der Waals surface area contributed by atoms with Crippen molar-refractivity contribution in [1.29, 1.82) is 0 Å². The van der Waals surface area contributed by atoms with Crippen LogP contribution in [0.4, 0.5) is 0 Å². The van der Waals surface area contributed by atoms with E-state index in [9.17, 15) is 14.7 Å². The first-order chi connectivity index (χ1) is 14.0. The molecule has 0 spiro atoms. The first-order valence-corrected chi connectivity index (χ1v) is 10.1. The molecule has 0 bridgehead atoms. The highest BCUT2D eigenvalue weighted by atomic mass is 79.9. The van der Waals surface area contributed by atoms with Gasteiger partial charge in [-0.2, -0.15) is 5.10 Å². The van der Waals surface area contributed by atoms with Crippen molar-refractivity contribution in [3.8, 4) is 5.75 Å². The molecule has 1 heterocycles. The van der Waals surface area contributed by atoms with Crippen molar-refractivity contribution in [2.24, 2.45) is 5.10 Å². The van der Waals surface area contributed by atoms with E-state index in [4.69, 9.17) is 0 Å². The predicted octanol–water partition coefficient (Wildman–Crippen LogP) is 4.14. The van der Waals surface area contributed by atoms with Gasteiger partial charge in [0.05, 0.1) is 10.7 Å². The lowest BCUT2D eigenvalue weighted by molar-refractivity contribution is -0.117. The molecule has 3 aromatic rings. The van der Waals surface area contributed by atoms with Gasteiger partial charge in [-0.1, -0.05) is 24.3 Å². The molecule has 1 aromatic heterocycles. The van der Waals surface area contributed by atoms with Crippen LogP contribution in [0.25, 0.3) is 6.08 Å². The van der Waals surface area contributed by atoms with Gasteiger partial charge in [0.1, 0.15) is 11.4 Å². The maximum atomic E-state index is 12.6. The second-order valence-electron chi connectivity index (χ2n) is 5.80. The van der Waals surface area contributed by atoms with E-state index < -0.39 is 11.8 Å². The quantitative estimate of drug-likeness (QED) is 0.287. The van der Waals surface area contributed by atoms with Crippen molar-refractivity contribution >= 4 is 51.4 Å². The first kappa shape index (κ1) is 20.5. The summed E-state index contributed by atoms with van der Waals surface area (Å²) in [5, 5.41) is 18.0. The van der Waals surface area contributed by atoms with E-state index in [1.54, 1.807) is 42.5 Å². The summed E-state index contributed by atoms with van der Waals surface area (Å²) in [5.74, 6) is -0.845. The lowest BCUT2D eigenvalue weighted by Gasteiger charge is -2.08. The van der Waals surface area contributed by atoms with E-state index in [-0.39, 0.29) is 11.4 Å². The first-order valence-electron chi connectivity index (χ1n) is 8.46. The molecule has 0 atom stereocenters. The molecule has 8 heteroatoms. The Hall–Kier alpha value is -3.23. The zero-order valence-corrected chi connectivity index (χ0v) is 17.4. The molecule has 0 aliphatic rings. The normalized spacial score (nSPS) is 11.4. The third-order valence-electron chi connectivity index (χ3n) is 3.71. The maximum Gasteiger partial charge on any atom is 0.287 e. The van der Waals surface area contributed by atoms with E-state index in [1.165, 1.54) is 23.6 Å². The van der Waals surface area contributed by atoms with Gasteiger partial charge < -0.3 is 10.4 Å². The fourth-order valence-corrected chi connectivity index (χ4v) is 3.34. The average Bonchev–Trinajstić information content (AvgIpc) is 3.24. The number of halogens is 1. The second kappa shape index (κ2) is 9.81. The fraction of sp³-hybridized carbons (Fsp3) is 0. The molecule has 3 rings (SSSR count). The zero-order valence-electron chi connectivity index (χ0n) is 15.0. The number of carbonyl (C=O) groups excluding carboxylic acids is 2. The van der Waals surface area contributed by atoms with Gasteiger partial charge in [-0.3, -0.25) is 9.59 Å². The van der Waals surface area contributed by atoms with Gasteiger partial charge in [-0.15, -0.1) is 11.3 Å². The number of amides is 2. The van der Waals surface area contributed by atoms with Crippen LogP contribution in [0, 0.1) is 0 Å². The molecule has 0 radical (unpaired) electrons. The van der Waals surface area contributed by atoms with E-state index in [1.807, 2.05) is 23.6 Å². The summed E-state index contributed by atoms with van der Waals surface area (Å²) in [6, 6.07) is 17.1. The number of carbonyl (C=O) groups is 2. The minimum absolute atomic E-state index is 0.0744. The van der Waals surface area contributed by atoms with Crippen LogP contribution in [-0.4, -0.2) is 23.1 Å². The molecule has 0 aliphatic heterocycles. The number of hydrogen-bond donors (Lipinski definition) is 3. The number of nitrogens with zero attached hydrogens (tertiary/aromatic N) is 1. The molecular weight excluding hydrogens is 454 g/mol. The summed E-state index contributed by atoms with van der Waals surface area (Å²) in [6.45, 7) is 0. The fourth-order valence-electron chi connectivity index (χ4n) is 2.29. The lowest BCUT2D eigenvalue weighted by atomic mass is 10.2. The van der Waals surface area contributed by atoms with Crippen LogP contribution in [0.5, 0.6) is 5.75 Å². The number of nitrogens with one attached hydrogen (secondary N) is 2. The number of aromatic hydroxyl groups is 1. The number of rotatable bonds is 6. The molecule has 6 nitrogen and oxygen atoms in total. The number of benzene rings is 2. The molecular formula is C21H16BrN3O3S. The average molecular weight is 470 g/mol. The van der Waals surface area contributed by atoms with Crippen molar-refractivity contribution in [2.45, 2.75) is 0 Å². The Morgan fingerprint density at radius 3 is 2.55 bits per heavy atom. The van der Waals surface area contributed by atoms with Crippen molar-refractivity contribution in [3.63, 3.8) is 0 Å².